The maximum absolute atomic E-state index is 10.5. The van der Waals surface area contributed by atoms with Gasteiger partial charge in [-0.25, -0.2) is 9.78 Å². The van der Waals surface area contributed by atoms with Gasteiger partial charge in [-0.2, -0.15) is 0 Å². The summed E-state index contributed by atoms with van der Waals surface area (Å²) in [6.07, 6.45) is 7.08. The van der Waals surface area contributed by atoms with E-state index in [-0.39, 0.29) is 23.0 Å². The number of fused-ring (bicyclic) bond motifs is 1. The highest BCUT2D eigenvalue weighted by molar-refractivity contribution is 5.19. The van der Waals surface area contributed by atoms with Crippen molar-refractivity contribution in [2.45, 2.75) is 72.0 Å². The number of hydrogen-bond donors (Lipinski definition) is 1. The van der Waals surface area contributed by atoms with E-state index in [1.165, 1.54) is 11.1 Å². The SMILES string of the molecule is C=C1CC[C@@H]2C(C)(C)[C@H](O)CC[C@@]2(C)[C@@H]1C[C@@H]1OOCC=C1C. The van der Waals surface area contributed by atoms with Crippen molar-refractivity contribution in [2.24, 2.45) is 22.7 Å². The highest BCUT2D eigenvalue weighted by atomic mass is 17.2. The Morgan fingerprint density at radius 2 is 2.04 bits per heavy atom. The van der Waals surface area contributed by atoms with E-state index in [1.54, 1.807) is 0 Å². The van der Waals surface area contributed by atoms with E-state index in [1.807, 2.05) is 0 Å². The molecule has 0 spiro atoms. The van der Waals surface area contributed by atoms with Gasteiger partial charge < -0.3 is 5.11 Å². The molecule has 2 saturated carbocycles. The van der Waals surface area contributed by atoms with Gasteiger partial charge in [-0.1, -0.05) is 39.0 Å². The molecule has 0 aromatic rings. The molecule has 1 aliphatic heterocycles. The minimum Gasteiger partial charge on any atom is -0.393 e. The van der Waals surface area contributed by atoms with Crippen molar-refractivity contribution in [1.29, 1.82) is 0 Å². The van der Waals surface area contributed by atoms with Gasteiger partial charge in [-0.05, 0) is 67.3 Å². The number of allylic oxidation sites excluding steroid dienone is 1. The van der Waals surface area contributed by atoms with Crippen molar-refractivity contribution in [3.05, 3.63) is 23.8 Å². The highest BCUT2D eigenvalue weighted by Crippen LogP contribution is 2.61. The molecule has 0 aromatic heterocycles. The lowest BCUT2D eigenvalue weighted by atomic mass is 9.46. The second-order valence-electron chi connectivity index (χ2n) is 8.74. The molecule has 2 aliphatic carbocycles. The first-order valence-corrected chi connectivity index (χ1v) is 9.07. The minimum absolute atomic E-state index is 0.0270. The molecule has 0 radical (unpaired) electrons. The number of rotatable bonds is 2. The topological polar surface area (TPSA) is 38.7 Å². The first kappa shape index (κ1) is 17.2. The average molecular weight is 320 g/mol. The summed E-state index contributed by atoms with van der Waals surface area (Å²) < 4.78 is 0. The quantitative estimate of drug-likeness (QED) is 0.604. The molecule has 3 nitrogen and oxygen atoms in total. The Morgan fingerprint density at radius 1 is 1.30 bits per heavy atom. The van der Waals surface area contributed by atoms with Crippen LogP contribution in [0, 0.1) is 22.7 Å². The molecular weight excluding hydrogens is 288 g/mol. The molecule has 3 rings (SSSR count). The summed E-state index contributed by atoms with van der Waals surface area (Å²) in [7, 11) is 0. The van der Waals surface area contributed by atoms with E-state index in [9.17, 15) is 5.11 Å². The van der Waals surface area contributed by atoms with E-state index in [0.29, 0.717) is 18.4 Å². The molecule has 23 heavy (non-hydrogen) atoms. The Bertz CT molecular complexity index is 507. The fourth-order valence-electron chi connectivity index (χ4n) is 5.53. The van der Waals surface area contributed by atoms with Crippen LogP contribution in [0.25, 0.3) is 0 Å². The molecular formula is C20H32O3. The van der Waals surface area contributed by atoms with Crippen molar-refractivity contribution >= 4 is 0 Å². The standard InChI is InChI=1S/C20H32O3/c1-13-6-7-17-19(3,4)18(21)8-10-20(17,5)15(13)12-16-14(2)9-11-22-23-16/h9,15-18,21H,1,6-8,10-12H2,2-5H3/t15-,16+,17-,18-,20+/m1/s1. The fraction of sp³-hybridized carbons (Fsp3) is 0.800. The normalized spacial score (nSPS) is 43.7. The fourth-order valence-corrected chi connectivity index (χ4v) is 5.53. The van der Waals surface area contributed by atoms with Crippen LogP contribution in [0.2, 0.25) is 0 Å². The summed E-state index contributed by atoms with van der Waals surface area (Å²) >= 11 is 0. The Hall–Kier alpha value is -0.640. The van der Waals surface area contributed by atoms with Crippen molar-refractivity contribution in [2.75, 3.05) is 6.61 Å². The van der Waals surface area contributed by atoms with Gasteiger partial charge in [0.1, 0.15) is 12.7 Å². The van der Waals surface area contributed by atoms with E-state index >= 15 is 0 Å². The maximum atomic E-state index is 10.5. The van der Waals surface area contributed by atoms with Crippen LogP contribution in [0.5, 0.6) is 0 Å². The zero-order chi connectivity index (χ0) is 16.8. The molecule has 3 aliphatic rings. The molecule has 0 aromatic carbocycles. The zero-order valence-corrected chi connectivity index (χ0v) is 15.1. The van der Waals surface area contributed by atoms with Crippen LogP contribution in [-0.2, 0) is 9.78 Å². The van der Waals surface area contributed by atoms with Crippen LogP contribution < -0.4 is 0 Å². The molecule has 5 atom stereocenters. The largest absolute Gasteiger partial charge is 0.393 e. The third kappa shape index (κ3) is 2.81. The average Bonchev–Trinajstić information content (AvgIpc) is 2.49. The minimum atomic E-state index is -0.191. The lowest BCUT2D eigenvalue weighted by molar-refractivity contribution is -0.319. The monoisotopic (exact) mass is 320 g/mol. The van der Waals surface area contributed by atoms with Crippen LogP contribution in [-0.4, -0.2) is 23.9 Å². The first-order valence-electron chi connectivity index (χ1n) is 9.07. The number of aliphatic hydroxyl groups is 1. The summed E-state index contributed by atoms with van der Waals surface area (Å²) in [6.45, 7) is 14.0. The van der Waals surface area contributed by atoms with Gasteiger partial charge in [0.05, 0.1) is 6.10 Å². The summed E-state index contributed by atoms with van der Waals surface area (Å²) in [5, 5.41) is 10.5. The second kappa shape index (κ2) is 6.02. The Morgan fingerprint density at radius 3 is 2.74 bits per heavy atom. The summed E-state index contributed by atoms with van der Waals surface area (Å²) in [4.78, 5) is 10.8. The molecule has 0 amide bonds. The van der Waals surface area contributed by atoms with Crippen LogP contribution in [0.15, 0.2) is 23.8 Å². The van der Waals surface area contributed by atoms with Gasteiger partial charge in [-0.3, -0.25) is 0 Å². The van der Waals surface area contributed by atoms with Gasteiger partial charge >= 0.3 is 0 Å². The molecule has 0 saturated heterocycles. The Balaban J connectivity index is 1.87. The van der Waals surface area contributed by atoms with Crippen molar-refractivity contribution in [3.63, 3.8) is 0 Å². The third-order valence-electron chi connectivity index (χ3n) is 7.17. The predicted octanol–water partition coefficient (Wildman–Crippen LogP) is 4.42. The molecule has 0 bridgehead atoms. The van der Waals surface area contributed by atoms with Gasteiger partial charge in [-0.15, -0.1) is 0 Å². The molecule has 130 valence electrons. The summed E-state index contributed by atoms with van der Waals surface area (Å²) in [6, 6.07) is 0. The van der Waals surface area contributed by atoms with Gasteiger partial charge in [0, 0.05) is 0 Å². The van der Waals surface area contributed by atoms with Crippen LogP contribution >= 0.6 is 0 Å². The number of aliphatic hydroxyl groups excluding tert-OH is 1. The molecule has 1 N–H and O–H groups in total. The van der Waals surface area contributed by atoms with E-state index in [2.05, 4.69) is 40.3 Å². The second-order valence-corrected chi connectivity index (χ2v) is 8.74. The molecule has 2 fully saturated rings. The molecule has 1 heterocycles. The van der Waals surface area contributed by atoms with E-state index < -0.39 is 0 Å². The lowest BCUT2D eigenvalue weighted by Crippen LogP contribution is -2.55. The predicted molar refractivity (Wildman–Crippen MR) is 91.7 cm³/mol. The van der Waals surface area contributed by atoms with Gasteiger partial charge in [0.2, 0.25) is 0 Å². The van der Waals surface area contributed by atoms with Crippen molar-refractivity contribution in [1.82, 2.24) is 0 Å². The van der Waals surface area contributed by atoms with Crippen LogP contribution in [0.3, 0.4) is 0 Å². The van der Waals surface area contributed by atoms with Crippen molar-refractivity contribution in [3.8, 4) is 0 Å². The molecule has 0 unspecified atom stereocenters. The smallest absolute Gasteiger partial charge is 0.114 e. The van der Waals surface area contributed by atoms with Crippen LogP contribution in [0.4, 0.5) is 0 Å². The summed E-state index contributed by atoms with van der Waals surface area (Å²) in [5.74, 6) is 0.964. The van der Waals surface area contributed by atoms with Crippen LogP contribution in [0.1, 0.15) is 59.8 Å². The van der Waals surface area contributed by atoms with Crippen molar-refractivity contribution < 1.29 is 14.9 Å². The Labute approximate surface area is 140 Å². The third-order valence-corrected chi connectivity index (χ3v) is 7.17. The molecule has 3 heteroatoms. The van der Waals surface area contributed by atoms with Gasteiger partial charge in [0.15, 0.2) is 0 Å². The first-order chi connectivity index (χ1) is 10.8. The van der Waals surface area contributed by atoms with Gasteiger partial charge in [0.25, 0.3) is 0 Å². The Kier molecular flexibility index (Phi) is 4.50. The summed E-state index contributed by atoms with van der Waals surface area (Å²) in [5.41, 5.74) is 2.79. The highest BCUT2D eigenvalue weighted by Gasteiger charge is 2.56. The maximum Gasteiger partial charge on any atom is 0.114 e. The van der Waals surface area contributed by atoms with E-state index in [0.717, 1.165) is 32.1 Å². The zero-order valence-electron chi connectivity index (χ0n) is 15.1. The van der Waals surface area contributed by atoms with E-state index in [4.69, 9.17) is 9.78 Å². The number of hydrogen-bond acceptors (Lipinski definition) is 3. The lowest BCUT2D eigenvalue weighted by Gasteiger charge is -2.59.